The minimum Gasteiger partial charge on any atom is -0.491 e. The Bertz CT molecular complexity index is 1230. The maximum Gasteiger partial charge on any atom is 0.164 e. The highest BCUT2D eigenvalue weighted by Crippen LogP contribution is 2.60. The summed E-state index contributed by atoms with van der Waals surface area (Å²) in [5, 5.41) is 15.4. The van der Waals surface area contributed by atoms with Gasteiger partial charge in [-0.05, 0) is 37.8 Å². The number of anilines is 1. The second-order valence-corrected chi connectivity index (χ2v) is 9.92. The van der Waals surface area contributed by atoms with Gasteiger partial charge in [0.1, 0.15) is 24.3 Å². The highest BCUT2D eigenvalue weighted by molar-refractivity contribution is 5.89. The molecule has 3 aromatic rings. The Morgan fingerprint density at radius 2 is 2.15 bits per heavy atom. The first kappa shape index (κ1) is 19.7. The number of aliphatic hydroxyl groups is 1. The van der Waals surface area contributed by atoms with E-state index in [1.165, 1.54) is 12.8 Å². The topological polar surface area (TPSA) is 112 Å². The first-order valence-corrected chi connectivity index (χ1v) is 11.9. The zero-order valence-corrected chi connectivity index (χ0v) is 18.4. The molecular formula is C24H28N6O3. The second-order valence-electron chi connectivity index (χ2n) is 9.92. The molecule has 9 heteroatoms. The number of hydrogen-bond acceptors (Lipinski definition) is 8. The summed E-state index contributed by atoms with van der Waals surface area (Å²) in [5.74, 6) is 2.27. The first-order chi connectivity index (χ1) is 16.1. The highest BCUT2D eigenvalue weighted by Gasteiger charge is 2.66. The second kappa shape index (κ2) is 7.12. The average molecular weight is 449 g/mol. The number of fused-ring (bicyclic) bond motifs is 1. The lowest BCUT2D eigenvalue weighted by Crippen LogP contribution is -2.65. The molecule has 2 aliphatic carbocycles. The van der Waals surface area contributed by atoms with Crippen LogP contribution in [0.2, 0.25) is 0 Å². The van der Waals surface area contributed by atoms with Crippen molar-refractivity contribution >= 4 is 16.9 Å². The number of rotatable bonds is 7. The molecule has 9 nitrogen and oxygen atoms in total. The average Bonchev–Trinajstić information content (AvgIpc) is 3.48. The fourth-order valence-corrected chi connectivity index (χ4v) is 5.61. The fraction of sp³-hybridized carbons (Fsp3) is 0.542. The van der Waals surface area contributed by atoms with Crippen LogP contribution in [0.15, 0.2) is 30.5 Å². The number of aliphatic hydroxyl groups excluding tert-OH is 1. The largest absolute Gasteiger partial charge is 0.491 e. The van der Waals surface area contributed by atoms with Gasteiger partial charge >= 0.3 is 0 Å². The minimum absolute atomic E-state index is 0.151. The standard InChI is InChI=1S/C24H28N6O3/c25-9-16(31)12-32-17-3-1-2-14(8-17)21-27-22(18-10-26-30(15-4-5-15)23(18)28-21)29-11-20-24(13-29)7-6-19(24)33-20/h1-3,8,10,15-16,19-20,31H,4-7,9,11-13,25H2. The van der Waals surface area contributed by atoms with Gasteiger partial charge in [-0.1, -0.05) is 12.1 Å². The van der Waals surface area contributed by atoms with Crippen LogP contribution in [0, 0.1) is 5.41 Å². The molecule has 4 heterocycles. The van der Waals surface area contributed by atoms with Crippen molar-refractivity contribution in [1.29, 1.82) is 0 Å². The smallest absolute Gasteiger partial charge is 0.164 e. The Kier molecular flexibility index (Phi) is 4.25. The Morgan fingerprint density at radius 1 is 1.24 bits per heavy atom. The lowest BCUT2D eigenvalue weighted by Gasteiger charge is -2.59. The maximum absolute atomic E-state index is 9.74. The van der Waals surface area contributed by atoms with E-state index in [0.717, 1.165) is 48.3 Å². The number of benzene rings is 1. The molecule has 0 radical (unpaired) electrons. The summed E-state index contributed by atoms with van der Waals surface area (Å²) in [5.41, 5.74) is 7.58. The fourth-order valence-electron chi connectivity index (χ4n) is 5.61. The van der Waals surface area contributed by atoms with Crippen LogP contribution in [0.3, 0.4) is 0 Å². The van der Waals surface area contributed by atoms with Crippen molar-refractivity contribution in [3.8, 4) is 17.1 Å². The SMILES string of the molecule is NCC(O)COc1cccc(-c2nc(N3CC4OC5CCC54C3)c3cnn(C4CC4)c3n2)c1. The van der Waals surface area contributed by atoms with Gasteiger partial charge in [0.2, 0.25) is 0 Å². The van der Waals surface area contributed by atoms with Gasteiger partial charge in [-0.25, -0.2) is 14.6 Å². The summed E-state index contributed by atoms with van der Waals surface area (Å²) in [4.78, 5) is 12.4. The summed E-state index contributed by atoms with van der Waals surface area (Å²) in [6, 6.07) is 8.13. The monoisotopic (exact) mass is 448 g/mol. The van der Waals surface area contributed by atoms with Crippen molar-refractivity contribution in [3.63, 3.8) is 0 Å². The predicted octanol–water partition coefficient (Wildman–Crippen LogP) is 1.89. The van der Waals surface area contributed by atoms with Crippen LogP contribution >= 0.6 is 0 Å². The van der Waals surface area contributed by atoms with Gasteiger partial charge in [-0.2, -0.15) is 5.10 Å². The summed E-state index contributed by atoms with van der Waals surface area (Å²) >= 11 is 0. The van der Waals surface area contributed by atoms with Crippen molar-refractivity contribution in [1.82, 2.24) is 19.7 Å². The van der Waals surface area contributed by atoms with Gasteiger partial charge in [0, 0.05) is 30.6 Å². The van der Waals surface area contributed by atoms with Gasteiger partial charge in [-0.15, -0.1) is 0 Å². The number of nitrogens with zero attached hydrogens (tertiary/aromatic N) is 5. The van der Waals surface area contributed by atoms with Crippen molar-refractivity contribution in [2.75, 3.05) is 31.1 Å². The molecule has 2 aromatic heterocycles. The van der Waals surface area contributed by atoms with Gasteiger partial charge in [0.15, 0.2) is 11.5 Å². The summed E-state index contributed by atoms with van der Waals surface area (Å²) < 4.78 is 13.9. The Hall–Kier alpha value is -2.75. The van der Waals surface area contributed by atoms with Crippen LogP contribution in [0.5, 0.6) is 5.75 Å². The van der Waals surface area contributed by atoms with Crippen molar-refractivity contribution in [3.05, 3.63) is 30.5 Å². The van der Waals surface area contributed by atoms with Crippen molar-refractivity contribution in [2.45, 2.75) is 50.0 Å². The van der Waals surface area contributed by atoms with E-state index in [0.29, 0.717) is 35.2 Å². The zero-order valence-electron chi connectivity index (χ0n) is 18.4. The van der Waals surface area contributed by atoms with E-state index in [1.807, 2.05) is 30.5 Å². The Balaban J connectivity index is 1.28. The summed E-state index contributed by atoms with van der Waals surface area (Å²) in [6.45, 7) is 2.17. The van der Waals surface area contributed by atoms with E-state index in [-0.39, 0.29) is 13.2 Å². The lowest BCUT2D eigenvalue weighted by atomic mass is 9.60. The number of hydrogen-bond donors (Lipinski definition) is 2. The van der Waals surface area contributed by atoms with Gasteiger partial charge in [0.05, 0.1) is 29.8 Å². The van der Waals surface area contributed by atoms with E-state index >= 15 is 0 Å². The Morgan fingerprint density at radius 3 is 2.88 bits per heavy atom. The van der Waals surface area contributed by atoms with Gasteiger partial charge in [0.25, 0.3) is 0 Å². The number of ether oxygens (including phenoxy) is 2. The molecule has 172 valence electrons. The summed E-state index contributed by atoms with van der Waals surface area (Å²) in [6.07, 6.45) is 6.69. The highest BCUT2D eigenvalue weighted by atomic mass is 16.5. The summed E-state index contributed by atoms with van der Waals surface area (Å²) in [7, 11) is 0. The van der Waals surface area contributed by atoms with Crippen LogP contribution in [0.1, 0.15) is 31.7 Å². The molecule has 2 saturated heterocycles. The molecule has 7 rings (SSSR count). The molecule has 4 fully saturated rings. The van der Waals surface area contributed by atoms with Crippen molar-refractivity contribution < 1.29 is 14.6 Å². The molecule has 3 N–H and O–H groups in total. The molecule has 4 atom stereocenters. The lowest BCUT2D eigenvalue weighted by molar-refractivity contribution is -0.279. The van der Waals surface area contributed by atoms with E-state index in [9.17, 15) is 5.11 Å². The molecule has 0 bridgehead atoms. The zero-order chi connectivity index (χ0) is 22.2. The van der Waals surface area contributed by atoms with Crippen LogP contribution < -0.4 is 15.4 Å². The maximum atomic E-state index is 9.74. The predicted molar refractivity (Wildman–Crippen MR) is 122 cm³/mol. The van der Waals surface area contributed by atoms with Gasteiger partial charge < -0.3 is 25.2 Å². The van der Waals surface area contributed by atoms with E-state index < -0.39 is 6.10 Å². The number of aromatic nitrogens is 4. The van der Waals surface area contributed by atoms with Crippen molar-refractivity contribution in [2.24, 2.45) is 11.1 Å². The third-order valence-electron chi connectivity index (χ3n) is 7.79. The third-order valence-corrected chi connectivity index (χ3v) is 7.79. The first-order valence-electron chi connectivity index (χ1n) is 11.9. The van der Waals surface area contributed by atoms with Crippen LogP contribution in [0.4, 0.5) is 5.82 Å². The van der Waals surface area contributed by atoms with Crippen LogP contribution in [0.25, 0.3) is 22.4 Å². The molecule has 4 aliphatic rings. The molecule has 33 heavy (non-hydrogen) atoms. The molecule has 1 aromatic carbocycles. The minimum atomic E-state index is -0.691. The van der Waals surface area contributed by atoms with Crippen LogP contribution in [-0.4, -0.2) is 69.4 Å². The molecule has 2 saturated carbocycles. The molecule has 1 spiro atoms. The third kappa shape index (κ3) is 2.99. The van der Waals surface area contributed by atoms with Crippen LogP contribution in [-0.2, 0) is 4.74 Å². The molecule has 2 aliphatic heterocycles. The quantitative estimate of drug-likeness (QED) is 0.564. The number of nitrogens with two attached hydrogens (primary N) is 1. The Labute approximate surface area is 191 Å². The van der Waals surface area contributed by atoms with Gasteiger partial charge in [-0.3, -0.25) is 0 Å². The van der Waals surface area contributed by atoms with E-state index in [1.54, 1.807) is 0 Å². The molecule has 4 unspecified atom stereocenters. The van der Waals surface area contributed by atoms with E-state index in [2.05, 4.69) is 9.58 Å². The normalized spacial score (nSPS) is 28.7. The molecule has 0 amide bonds. The van der Waals surface area contributed by atoms with E-state index in [4.69, 9.17) is 30.3 Å². The molecular weight excluding hydrogens is 420 g/mol.